The Morgan fingerprint density at radius 1 is 1.60 bits per heavy atom. The first kappa shape index (κ1) is 11.8. The first-order chi connectivity index (χ1) is 7.04. The fraction of sp³-hybridized carbons (Fsp3) is 0.364. The molecule has 1 amide bonds. The van der Waals surface area contributed by atoms with E-state index in [-0.39, 0.29) is 17.8 Å². The van der Waals surface area contributed by atoms with E-state index in [2.05, 4.69) is 5.32 Å². The lowest BCUT2D eigenvalue weighted by atomic mass is 9.93. The Balaban J connectivity index is 2.82. The van der Waals surface area contributed by atoms with Gasteiger partial charge in [0.1, 0.15) is 13.7 Å². The summed E-state index contributed by atoms with van der Waals surface area (Å²) in [6.45, 7) is 3.49. The average Bonchev–Trinajstić information content (AvgIpc) is 2.17. The number of halogens is 1. The van der Waals surface area contributed by atoms with Crippen molar-refractivity contribution >= 4 is 19.2 Å². The van der Waals surface area contributed by atoms with Gasteiger partial charge in [0.2, 0.25) is 5.91 Å². The minimum atomic E-state index is -0.390. The van der Waals surface area contributed by atoms with Crippen molar-refractivity contribution in [2.45, 2.75) is 26.3 Å². The number of amides is 1. The van der Waals surface area contributed by atoms with Crippen molar-refractivity contribution in [3.05, 3.63) is 29.6 Å². The lowest BCUT2D eigenvalue weighted by Gasteiger charge is -2.14. The zero-order chi connectivity index (χ0) is 11.4. The van der Waals surface area contributed by atoms with Crippen molar-refractivity contribution in [2.24, 2.45) is 0 Å². The molecule has 78 valence electrons. The fourth-order valence-corrected chi connectivity index (χ4v) is 1.32. The van der Waals surface area contributed by atoms with E-state index in [1.165, 1.54) is 6.07 Å². The first-order valence-electron chi connectivity index (χ1n) is 4.89. The molecular formula is C11H13BFNO. The number of hydrogen-bond donors (Lipinski definition) is 1. The molecule has 0 saturated heterocycles. The quantitative estimate of drug-likeness (QED) is 0.738. The van der Waals surface area contributed by atoms with E-state index in [1.54, 1.807) is 26.0 Å². The van der Waals surface area contributed by atoms with Gasteiger partial charge in [0, 0.05) is 12.0 Å². The van der Waals surface area contributed by atoms with Gasteiger partial charge in [-0.2, -0.15) is 0 Å². The number of nitrogens with one attached hydrogen (secondary N) is 1. The van der Waals surface area contributed by atoms with Crippen LogP contribution in [-0.4, -0.2) is 13.8 Å². The van der Waals surface area contributed by atoms with Gasteiger partial charge in [-0.15, -0.1) is 0 Å². The molecule has 0 aliphatic carbocycles. The average molecular weight is 205 g/mol. The van der Waals surface area contributed by atoms with Gasteiger partial charge in [0.15, 0.2) is 0 Å². The zero-order valence-corrected chi connectivity index (χ0v) is 8.88. The number of hydrogen-bond acceptors (Lipinski definition) is 1. The lowest BCUT2D eigenvalue weighted by molar-refractivity contribution is -0.121. The second kappa shape index (κ2) is 4.96. The third kappa shape index (κ3) is 3.08. The van der Waals surface area contributed by atoms with Gasteiger partial charge in [-0.05, 0) is 13.0 Å². The molecule has 0 saturated carbocycles. The standard InChI is InChI=1S/C11H13BFNO/c1-3-11(15)14-7(2)9-5-4-8(12)6-10(9)13/h4-7H,3H2,1-2H3,(H,14,15). The third-order valence-electron chi connectivity index (χ3n) is 2.19. The SMILES string of the molecule is [B]c1ccc(C(C)NC(=O)CC)c(F)c1. The van der Waals surface area contributed by atoms with Crippen molar-refractivity contribution in [3.63, 3.8) is 0 Å². The van der Waals surface area contributed by atoms with Crippen LogP contribution in [0.2, 0.25) is 0 Å². The first-order valence-corrected chi connectivity index (χ1v) is 4.89. The van der Waals surface area contributed by atoms with Crippen LogP contribution in [-0.2, 0) is 4.79 Å². The summed E-state index contributed by atoms with van der Waals surface area (Å²) in [4.78, 5) is 11.1. The molecule has 2 radical (unpaired) electrons. The second-order valence-corrected chi connectivity index (χ2v) is 3.42. The molecule has 4 heteroatoms. The van der Waals surface area contributed by atoms with Gasteiger partial charge in [-0.25, -0.2) is 4.39 Å². The minimum Gasteiger partial charge on any atom is -0.349 e. The highest BCUT2D eigenvalue weighted by molar-refractivity contribution is 6.32. The van der Waals surface area contributed by atoms with Gasteiger partial charge in [-0.3, -0.25) is 4.79 Å². The Morgan fingerprint density at radius 2 is 2.27 bits per heavy atom. The third-order valence-corrected chi connectivity index (χ3v) is 2.19. The lowest BCUT2D eigenvalue weighted by Crippen LogP contribution is -2.26. The molecule has 0 spiro atoms. The second-order valence-electron chi connectivity index (χ2n) is 3.42. The molecule has 0 aromatic heterocycles. The Bertz CT molecular complexity index is 368. The predicted octanol–water partition coefficient (Wildman–Crippen LogP) is 1.21. The van der Waals surface area contributed by atoms with E-state index < -0.39 is 0 Å². The molecule has 1 aromatic carbocycles. The molecule has 15 heavy (non-hydrogen) atoms. The highest BCUT2D eigenvalue weighted by Crippen LogP contribution is 2.15. The van der Waals surface area contributed by atoms with Crippen LogP contribution in [0.1, 0.15) is 31.9 Å². The van der Waals surface area contributed by atoms with Crippen molar-refractivity contribution in [1.82, 2.24) is 5.32 Å². The maximum Gasteiger partial charge on any atom is 0.220 e. The molecule has 1 rings (SSSR count). The van der Waals surface area contributed by atoms with E-state index in [0.29, 0.717) is 17.4 Å². The van der Waals surface area contributed by atoms with E-state index in [4.69, 9.17) is 7.85 Å². The van der Waals surface area contributed by atoms with E-state index in [9.17, 15) is 9.18 Å². The van der Waals surface area contributed by atoms with Crippen molar-refractivity contribution in [2.75, 3.05) is 0 Å². The number of carbonyl (C=O) groups is 1. The Hall–Kier alpha value is -1.32. The topological polar surface area (TPSA) is 29.1 Å². The monoisotopic (exact) mass is 205 g/mol. The number of carbonyl (C=O) groups excluding carboxylic acids is 1. The van der Waals surface area contributed by atoms with Crippen molar-refractivity contribution < 1.29 is 9.18 Å². The zero-order valence-electron chi connectivity index (χ0n) is 8.88. The fourth-order valence-electron chi connectivity index (χ4n) is 1.32. The van der Waals surface area contributed by atoms with E-state index in [1.807, 2.05) is 0 Å². The summed E-state index contributed by atoms with van der Waals surface area (Å²) in [5.41, 5.74) is 0.830. The van der Waals surface area contributed by atoms with Crippen LogP contribution >= 0.6 is 0 Å². The van der Waals surface area contributed by atoms with Crippen LogP contribution in [0.3, 0.4) is 0 Å². The van der Waals surface area contributed by atoms with Crippen LogP contribution in [0.4, 0.5) is 4.39 Å². The minimum absolute atomic E-state index is 0.0984. The van der Waals surface area contributed by atoms with Crippen LogP contribution in [0.15, 0.2) is 18.2 Å². The molecule has 2 nitrogen and oxygen atoms in total. The Morgan fingerprint density at radius 3 is 2.80 bits per heavy atom. The molecule has 0 fully saturated rings. The number of benzene rings is 1. The largest absolute Gasteiger partial charge is 0.349 e. The predicted molar refractivity (Wildman–Crippen MR) is 58.6 cm³/mol. The summed E-state index contributed by atoms with van der Waals surface area (Å²) < 4.78 is 13.4. The molecule has 1 N–H and O–H groups in total. The molecule has 0 bridgehead atoms. The summed E-state index contributed by atoms with van der Waals surface area (Å²) in [5.74, 6) is -0.488. The highest BCUT2D eigenvalue weighted by Gasteiger charge is 2.12. The molecule has 1 aromatic rings. The van der Waals surface area contributed by atoms with Crippen LogP contribution in [0.5, 0.6) is 0 Å². The molecule has 0 aliphatic heterocycles. The van der Waals surface area contributed by atoms with Crippen LogP contribution in [0, 0.1) is 5.82 Å². The highest BCUT2D eigenvalue weighted by atomic mass is 19.1. The smallest absolute Gasteiger partial charge is 0.220 e. The van der Waals surface area contributed by atoms with Gasteiger partial charge in [0.05, 0.1) is 6.04 Å². The Kier molecular flexibility index (Phi) is 3.89. The number of rotatable bonds is 3. The summed E-state index contributed by atoms with van der Waals surface area (Å²) in [6, 6.07) is 4.13. The Labute approximate surface area is 90.3 Å². The maximum absolute atomic E-state index is 13.4. The molecule has 1 atom stereocenters. The van der Waals surface area contributed by atoms with Crippen LogP contribution in [0.25, 0.3) is 0 Å². The van der Waals surface area contributed by atoms with E-state index >= 15 is 0 Å². The van der Waals surface area contributed by atoms with Gasteiger partial charge in [0.25, 0.3) is 0 Å². The normalized spacial score (nSPS) is 12.2. The molecular weight excluding hydrogens is 192 g/mol. The van der Waals surface area contributed by atoms with Gasteiger partial charge in [-0.1, -0.05) is 24.5 Å². The van der Waals surface area contributed by atoms with E-state index in [0.717, 1.165) is 0 Å². The molecule has 0 aliphatic rings. The van der Waals surface area contributed by atoms with Crippen LogP contribution < -0.4 is 10.8 Å². The summed E-state index contributed by atoms with van der Waals surface area (Å²) >= 11 is 0. The summed E-state index contributed by atoms with van der Waals surface area (Å²) in [6.07, 6.45) is 0.390. The van der Waals surface area contributed by atoms with Crippen molar-refractivity contribution in [3.8, 4) is 0 Å². The van der Waals surface area contributed by atoms with Crippen molar-refractivity contribution in [1.29, 1.82) is 0 Å². The summed E-state index contributed by atoms with van der Waals surface area (Å²) in [5, 5.41) is 2.69. The van der Waals surface area contributed by atoms with Gasteiger partial charge >= 0.3 is 0 Å². The summed E-state index contributed by atoms with van der Waals surface area (Å²) in [7, 11) is 5.43. The van der Waals surface area contributed by atoms with Gasteiger partial charge < -0.3 is 5.32 Å². The molecule has 0 heterocycles. The molecule has 1 unspecified atom stereocenters. The maximum atomic E-state index is 13.4.